The molecule has 1 heterocycles. The van der Waals surface area contributed by atoms with Gasteiger partial charge in [-0.1, -0.05) is 6.92 Å². The van der Waals surface area contributed by atoms with E-state index in [1.54, 1.807) is 37.7 Å². The molecular formula is C17H20N2O3. The largest absolute Gasteiger partial charge is 0.493 e. The Bertz CT molecular complexity index is 615. The van der Waals surface area contributed by atoms with Crippen molar-refractivity contribution in [3.63, 3.8) is 0 Å². The lowest BCUT2D eigenvalue weighted by atomic mass is 10.2. The van der Waals surface area contributed by atoms with Gasteiger partial charge < -0.3 is 14.8 Å². The number of rotatable bonds is 7. The zero-order chi connectivity index (χ0) is 15.8. The standard InChI is InChI=1S/C17H20N2O3/c1-3-4-17(20)19-14-5-6-15(21-2)16(11-14)22-12-13-7-9-18-10-8-13/h5-11H,3-4,12H2,1-2H3,(H,19,20). The van der Waals surface area contributed by atoms with Crippen LogP contribution in [0.25, 0.3) is 0 Å². The molecule has 0 bridgehead atoms. The fraction of sp³-hybridized carbons (Fsp3) is 0.294. The van der Waals surface area contributed by atoms with Gasteiger partial charge in [-0.05, 0) is 36.2 Å². The Morgan fingerprint density at radius 1 is 1.18 bits per heavy atom. The van der Waals surface area contributed by atoms with E-state index in [1.807, 2.05) is 19.1 Å². The second-order valence-electron chi connectivity index (χ2n) is 4.81. The molecule has 1 aromatic heterocycles. The molecule has 0 radical (unpaired) electrons. The predicted octanol–water partition coefficient (Wildman–Crippen LogP) is 3.41. The number of nitrogens with zero attached hydrogens (tertiary/aromatic N) is 1. The average Bonchev–Trinajstić information content (AvgIpc) is 2.54. The highest BCUT2D eigenvalue weighted by Crippen LogP contribution is 2.31. The van der Waals surface area contributed by atoms with Crippen molar-refractivity contribution in [1.29, 1.82) is 0 Å². The molecule has 0 fully saturated rings. The number of pyridine rings is 1. The van der Waals surface area contributed by atoms with Gasteiger partial charge in [0.15, 0.2) is 11.5 Å². The fourth-order valence-electron chi connectivity index (χ4n) is 1.96. The van der Waals surface area contributed by atoms with Crippen LogP contribution >= 0.6 is 0 Å². The van der Waals surface area contributed by atoms with Crippen molar-refractivity contribution in [3.8, 4) is 11.5 Å². The van der Waals surface area contributed by atoms with Gasteiger partial charge in [0.2, 0.25) is 5.91 Å². The molecule has 0 aliphatic rings. The summed E-state index contributed by atoms with van der Waals surface area (Å²) in [6, 6.07) is 9.13. The topological polar surface area (TPSA) is 60.5 Å². The van der Waals surface area contributed by atoms with E-state index in [2.05, 4.69) is 10.3 Å². The number of anilines is 1. The Labute approximate surface area is 130 Å². The first-order valence-electron chi connectivity index (χ1n) is 7.22. The summed E-state index contributed by atoms with van der Waals surface area (Å²) in [5.74, 6) is 1.21. The first-order valence-corrected chi connectivity index (χ1v) is 7.22. The lowest BCUT2D eigenvalue weighted by Crippen LogP contribution is -2.10. The van der Waals surface area contributed by atoms with E-state index >= 15 is 0 Å². The molecule has 5 nitrogen and oxygen atoms in total. The van der Waals surface area contributed by atoms with Gasteiger partial charge in [-0.2, -0.15) is 0 Å². The Morgan fingerprint density at radius 2 is 1.95 bits per heavy atom. The third-order valence-corrected chi connectivity index (χ3v) is 3.07. The molecule has 0 saturated carbocycles. The molecule has 2 aromatic rings. The third kappa shape index (κ3) is 4.48. The minimum atomic E-state index is -0.00671. The Balaban J connectivity index is 2.09. The van der Waals surface area contributed by atoms with Gasteiger partial charge >= 0.3 is 0 Å². The van der Waals surface area contributed by atoms with E-state index in [0.29, 0.717) is 30.2 Å². The van der Waals surface area contributed by atoms with E-state index in [4.69, 9.17) is 9.47 Å². The van der Waals surface area contributed by atoms with Crippen molar-refractivity contribution < 1.29 is 14.3 Å². The molecule has 2 rings (SSSR count). The van der Waals surface area contributed by atoms with Gasteiger partial charge in [0.25, 0.3) is 0 Å². The Hall–Kier alpha value is -2.56. The summed E-state index contributed by atoms with van der Waals surface area (Å²) >= 11 is 0. The molecule has 1 aromatic carbocycles. The van der Waals surface area contributed by atoms with E-state index in [-0.39, 0.29) is 5.91 Å². The molecule has 22 heavy (non-hydrogen) atoms. The Morgan fingerprint density at radius 3 is 2.64 bits per heavy atom. The van der Waals surface area contributed by atoms with Gasteiger partial charge in [0.05, 0.1) is 7.11 Å². The van der Waals surface area contributed by atoms with Crippen LogP contribution in [0.3, 0.4) is 0 Å². The maximum Gasteiger partial charge on any atom is 0.224 e. The summed E-state index contributed by atoms with van der Waals surface area (Å²) in [6.07, 6.45) is 4.75. The SMILES string of the molecule is CCCC(=O)Nc1ccc(OC)c(OCc2ccncc2)c1. The van der Waals surface area contributed by atoms with E-state index in [0.717, 1.165) is 12.0 Å². The molecule has 1 N–H and O–H groups in total. The molecule has 0 saturated heterocycles. The van der Waals surface area contributed by atoms with Crippen molar-refractivity contribution >= 4 is 11.6 Å². The van der Waals surface area contributed by atoms with Crippen LogP contribution in [0.1, 0.15) is 25.3 Å². The second-order valence-corrected chi connectivity index (χ2v) is 4.81. The van der Waals surface area contributed by atoms with Crippen LogP contribution in [-0.2, 0) is 11.4 Å². The van der Waals surface area contributed by atoms with Crippen molar-refractivity contribution in [2.45, 2.75) is 26.4 Å². The number of nitrogens with one attached hydrogen (secondary N) is 1. The van der Waals surface area contributed by atoms with Crippen LogP contribution in [0.4, 0.5) is 5.69 Å². The average molecular weight is 300 g/mol. The summed E-state index contributed by atoms with van der Waals surface area (Å²) in [7, 11) is 1.59. The molecule has 0 atom stereocenters. The number of carbonyl (C=O) groups is 1. The van der Waals surface area contributed by atoms with Crippen LogP contribution in [0, 0.1) is 0 Å². The molecule has 1 amide bonds. The predicted molar refractivity (Wildman–Crippen MR) is 85.1 cm³/mol. The maximum absolute atomic E-state index is 11.7. The highest BCUT2D eigenvalue weighted by molar-refractivity contribution is 5.91. The van der Waals surface area contributed by atoms with Crippen LogP contribution < -0.4 is 14.8 Å². The number of hydrogen-bond donors (Lipinski definition) is 1. The summed E-state index contributed by atoms with van der Waals surface area (Å²) in [4.78, 5) is 15.6. The molecule has 0 unspecified atom stereocenters. The zero-order valence-electron chi connectivity index (χ0n) is 12.8. The van der Waals surface area contributed by atoms with Crippen molar-refractivity contribution in [2.75, 3.05) is 12.4 Å². The molecular weight excluding hydrogens is 280 g/mol. The number of aromatic nitrogens is 1. The highest BCUT2D eigenvalue weighted by Gasteiger charge is 2.08. The highest BCUT2D eigenvalue weighted by atomic mass is 16.5. The Kier molecular flexibility index (Phi) is 5.77. The number of benzene rings is 1. The van der Waals surface area contributed by atoms with Crippen LogP contribution in [0.5, 0.6) is 11.5 Å². The van der Waals surface area contributed by atoms with Gasteiger partial charge in [0, 0.05) is 30.6 Å². The fourth-order valence-corrected chi connectivity index (χ4v) is 1.96. The number of ether oxygens (including phenoxy) is 2. The van der Waals surface area contributed by atoms with Crippen LogP contribution in [0.15, 0.2) is 42.7 Å². The molecule has 116 valence electrons. The van der Waals surface area contributed by atoms with Crippen LogP contribution in [0.2, 0.25) is 0 Å². The molecule has 0 aliphatic heterocycles. The van der Waals surface area contributed by atoms with E-state index in [1.165, 1.54) is 0 Å². The lowest BCUT2D eigenvalue weighted by Gasteiger charge is -2.13. The first kappa shape index (κ1) is 15.8. The van der Waals surface area contributed by atoms with Gasteiger partial charge in [-0.25, -0.2) is 0 Å². The van der Waals surface area contributed by atoms with Gasteiger partial charge in [-0.3, -0.25) is 9.78 Å². The quantitative estimate of drug-likeness (QED) is 0.851. The second kappa shape index (κ2) is 8.02. The number of methoxy groups -OCH3 is 1. The summed E-state index contributed by atoms with van der Waals surface area (Å²) in [6.45, 7) is 2.38. The minimum Gasteiger partial charge on any atom is -0.493 e. The molecule has 0 aliphatic carbocycles. The van der Waals surface area contributed by atoms with Gasteiger partial charge in [0.1, 0.15) is 6.61 Å². The zero-order valence-corrected chi connectivity index (χ0v) is 12.8. The summed E-state index contributed by atoms with van der Waals surface area (Å²) in [5.41, 5.74) is 1.71. The third-order valence-electron chi connectivity index (χ3n) is 3.07. The van der Waals surface area contributed by atoms with Crippen LogP contribution in [-0.4, -0.2) is 18.0 Å². The van der Waals surface area contributed by atoms with Crippen molar-refractivity contribution in [1.82, 2.24) is 4.98 Å². The number of carbonyl (C=O) groups excluding carboxylic acids is 1. The van der Waals surface area contributed by atoms with E-state index < -0.39 is 0 Å². The molecule has 5 heteroatoms. The monoisotopic (exact) mass is 300 g/mol. The smallest absolute Gasteiger partial charge is 0.224 e. The minimum absolute atomic E-state index is 0.00671. The maximum atomic E-state index is 11.7. The lowest BCUT2D eigenvalue weighted by molar-refractivity contribution is -0.116. The van der Waals surface area contributed by atoms with Gasteiger partial charge in [-0.15, -0.1) is 0 Å². The molecule has 0 spiro atoms. The summed E-state index contributed by atoms with van der Waals surface area (Å²) < 4.78 is 11.1. The number of hydrogen-bond acceptors (Lipinski definition) is 4. The normalized spacial score (nSPS) is 10.1. The first-order chi connectivity index (χ1) is 10.7. The summed E-state index contributed by atoms with van der Waals surface area (Å²) in [5, 5.41) is 2.85. The van der Waals surface area contributed by atoms with Crippen molar-refractivity contribution in [3.05, 3.63) is 48.3 Å². The number of amides is 1. The van der Waals surface area contributed by atoms with Crippen molar-refractivity contribution in [2.24, 2.45) is 0 Å². The van der Waals surface area contributed by atoms with E-state index in [9.17, 15) is 4.79 Å².